The molecule has 0 aromatic heterocycles. The first-order chi connectivity index (χ1) is 12.2. The summed E-state index contributed by atoms with van der Waals surface area (Å²) in [6, 6.07) is 6.48. The molecule has 1 aromatic rings. The van der Waals surface area contributed by atoms with Gasteiger partial charge < -0.3 is 20.2 Å². The summed E-state index contributed by atoms with van der Waals surface area (Å²) in [5.41, 5.74) is 0.895. The van der Waals surface area contributed by atoms with Gasteiger partial charge in [0, 0.05) is 12.8 Å². The van der Waals surface area contributed by atoms with Crippen LogP contribution < -0.4 is 5.32 Å². The first kappa shape index (κ1) is 17.7. The third kappa shape index (κ3) is 3.78. The molecule has 0 aliphatic carbocycles. The Labute approximate surface area is 146 Å². The second-order valence-electron chi connectivity index (χ2n) is 6.11. The summed E-state index contributed by atoms with van der Waals surface area (Å²) in [5, 5.41) is 10.1. The highest BCUT2D eigenvalue weighted by Gasteiger charge is 2.44. The van der Waals surface area contributed by atoms with Gasteiger partial charge in [-0.2, -0.15) is 0 Å². The summed E-state index contributed by atoms with van der Waals surface area (Å²) < 4.78 is 11.2. The van der Waals surface area contributed by atoms with Crippen LogP contribution in [0.1, 0.15) is 40.0 Å². The molecule has 1 atom stereocenters. The second-order valence-corrected chi connectivity index (χ2v) is 6.11. The van der Waals surface area contributed by atoms with Crippen molar-refractivity contribution in [3.8, 4) is 0 Å². The molecule has 0 radical (unpaired) electrons. The molecular weight excluding hydrogens is 322 g/mol. The average Bonchev–Trinajstić information content (AvgIpc) is 3.24. The summed E-state index contributed by atoms with van der Waals surface area (Å²) in [6.07, 6.45) is 3.10. The zero-order valence-electron chi connectivity index (χ0n) is 14.1. The molecular formula is C18H23N3O4. The lowest BCUT2D eigenvalue weighted by molar-refractivity contribution is -0.0880. The fourth-order valence-electron chi connectivity index (χ4n) is 3.27. The maximum absolute atomic E-state index is 12.7. The molecule has 25 heavy (non-hydrogen) atoms. The molecule has 1 saturated heterocycles. The number of fused-ring (bicyclic) bond motifs is 1. The van der Waals surface area contributed by atoms with Crippen molar-refractivity contribution >= 4 is 18.0 Å². The Balaban J connectivity index is 1.68. The lowest BCUT2D eigenvalue weighted by Crippen LogP contribution is -2.47. The summed E-state index contributed by atoms with van der Waals surface area (Å²) in [6.45, 7) is 2.30. The van der Waals surface area contributed by atoms with E-state index in [1.54, 1.807) is 24.3 Å². The number of unbranched alkanes of at least 4 members (excludes halogenated alkanes) is 1. The fraction of sp³-hybridized carbons (Fsp3) is 0.500. The summed E-state index contributed by atoms with van der Waals surface area (Å²) in [7, 11) is 0. The molecule has 0 bridgehead atoms. The number of imide groups is 1. The van der Waals surface area contributed by atoms with Crippen LogP contribution in [0.4, 0.5) is 0 Å². The quantitative estimate of drug-likeness (QED) is 0.401. The van der Waals surface area contributed by atoms with E-state index in [0.717, 1.165) is 19.4 Å². The lowest BCUT2D eigenvalue weighted by Gasteiger charge is -2.29. The molecule has 2 aliphatic heterocycles. The van der Waals surface area contributed by atoms with Gasteiger partial charge in [-0.15, -0.1) is 0 Å². The van der Waals surface area contributed by atoms with Crippen molar-refractivity contribution in [2.24, 2.45) is 0 Å². The number of nitrogens with zero attached hydrogens (tertiary/aromatic N) is 1. The van der Waals surface area contributed by atoms with Crippen molar-refractivity contribution in [1.29, 1.82) is 5.41 Å². The van der Waals surface area contributed by atoms with E-state index >= 15 is 0 Å². The molecule has 0 saturated carbocycles. The zero-order valence-corrected chi connectivity index (χ0v) is 14.1. The van der Waals surface area contributed by atoms with E-state index < -0.39 is 12.3 Å². The van der Waals surface area contributed by atoms with Crippen LogP contribution in [0.15, 0.2) is 24.3 Å². The number of benzene rings is 1. The number of amides is 2. The Bertz CT molecular complexity index is 608. The van der Waals surface area contributed by atoms with Gasteiger partial charge in [-0.3, -0.25) is 14.5 Å². The second kappa shape index (κ2) is 8.33. The van der Waals surface area contributed by atoms with Crippen LogP contribution in [0, 0.1) is 5.41 Å². The van der Waals surface area contributed by atoms with Crippen LogP contribution in [0.2, 0.25) is 0 Å². The third-order valence-corrected chi connectivity index (χ3v) is 4.47. The molecule has 2 aliphatic rings. The normalized spacial score (nSPS) is 18.6. The zero-order chi connectivity index (χ0) is 17.6. The van der Waals surface area contributed by atoms with Gasteiger partial charge in [-0.25, -0.2) is 0 Å². The number of hydrogen-bond acceptors (Lipinski definition) is 6. The van der Waals surface area contributed by atoms with E-state index in [0.29, 0.717) is 37.3 Å². The van der Waals surface area contributed by atoms with Crippen LogP contribution in [0.3, 0.4) is 0 Å². The standard InChI is InChI=1S/C18H23N3O4/c19-8-10-20-9-4-3-7-15(18-24-11-12-25-18)21-16(22)13-5-1-2-6-14(13)17(21)23/h1-2,5-6,8,15,18-20H,3-4,7,9-12H2. The lowest BCUT2D eigenvalue weighted by atomic mass is 10.1. The molecule has 7 nitrogen and oxygen atoms in total. The Hall–Kier alpha value is -2.09. The molecule has 2 heterocycles. The van der Waals surface area contributed by atoms with Crippen molar-refractivity contribution in [3.05, 3.63) is 35.4 Å². The van der Waals surface area contributed by atoms with E-state index in [4.69, 9.17) is 14.9 Å². The number of rotatable bonds is 9. The van der Waals surface area contributed by atoms with Crippen molar-refractivity contribution in [1.82, 2.24) is 10.2 Å². The van der Waals surface area contributed by atoms with Crippen molar-refractivity contribution in [3.63, 3.8) is 0 Å². The van der Waals surface area contributed by atoms with Crippen LogP contribution in [-0.2, 0) is 9.47 Å². The van der Waals surface area contributed by atoms with Crippen LogP contribution in [-0.4, -0.2) is 61.6 Å². The molecule has 7 heteroatoms. The van der Waals surface area contributed by atoms with Gasteiger partial charge in [-0.1, -0.05) is 12.1 Å². The number of ether oxygens (including phenoxy) is 2. The molecule has 3 rings (SSSR count). The minimum absolute atomic E-state index is 0.272. The summed E-state index contributed by atoms with van der Waals surface area (Å²) in [5.74, 6) is -0.543. The van der Waals surface area contributed by atoms with E-state index in [-0.39, 0.29) is 11.8 Å². The molecule has 1 unspecified atom stereocenters. The monoisotopic (exact) mass is 345 g/mol. The highest BCUT2D eigenvalue weighted by molar-refractivity contribution is 6.21. The smallest absolute Gasteiger partial charge is 0.261 e. The Morgan fingerprint density at radius 1 is 1.16 bits per heavy atom. The van der Waals surface area contributed by atoms with Gasteiger partial charge in [-0.05, 0) is 37.9 Å². The van der Waals surface area contributed by atoms with Gasteiger partial charge in [0.2, 0.25) is 0 Å². The Morgan fingerprint density at radius 3 is 2.40 bits per heavy atom. The van der Waals surface area contributed by atoms with Crippen molar-refractivity contribution < 1.29 is 19.1 Å². The summed E-state index contributed by atoms with van der Waals surface area (Å²) in [4.78, 5) is 26.8. The third-order valence-electron chi connectivity index (χ3n) is 4.47. The topological polar surface area (TPSA) is 91.7 Å². The number of hydrogen-bond donors (Lipinski definition) is 2. The molecule has 2 amide bonds. The first-order valence-corrected chi connectivity index (χ1v) is 8.64. The number of carbonyl (C=O) groups is 2. The van der Waals surface area contributed by atoms with Crippen LogP contribution in [0.25, 0.3) is 0 Å². The highest BCUT2D eigenvalue weighted by atomic mass is 16.7. The van der Waals surface area contributed by atoms with E-state index in [1.807, 2.05) is 0 Å². The average molecular weight is 345 g/mol. The largest absolute Gasteiger partial charge is 0.348 e. The van der Waals surface area contributed by atoms with Gasteiger partial charge in [0.05, 0.1) is 30.4 Å². The van der Waals surface area contributed by atoms with Crippen LogP contribution >= 0.6 is 0 Å². The Morgan fingerprint density at radius 2 is 1.80 bits per heavy atom. The van der Waals surface area contributed by atoms with Gasteiger partial charge in [0.25, 0.3) is 11.8 Å². The maximum Gasteiger partial charge on any atom is 0.261 e. The minimum Gasteiger partial charge on any atom is -0.348 e. The van der Waals surface area contributed by atoms with Crippen molar-refractivity contribution in [2.75, 3.05) is 26.3 Å². The first-order valence-electron chi connectivity index (χ1n) is 8.64. The van der Waals surface area contributed by atoms with Gasteiger partial charge >= 0.3 is 0 Å². The highest BCUT2D eigenvalue weighted by Crippen LogP contribution is 2.29. The molecule has 2 N–H and O–H groups in total. The predicted molar refractivity (Wildman–Crippen MR) is 91.9 cm³/mol. The number of carbonyl (C=O) groups excluding carboxylic acids is 2. The van der Waals surface area contributed by atoms with E-state index in [9.17, 15) is 9.59 Å². The van der Waals surface area contributed by atoms with Crippen LogP contribution in [0.5, 0.6) is 0 Å². The van der Waals surface area contributed by atoms with Gasteiger partial charge in [0.15, 0.2) is 6.29 Å². The summed E-state index contributed by atoms with van der Waals surface area (Å²) >= 11 is 0. The molecule has 1 fully saturated rings. The van der Waals surface area contributed by atoms with E-state index in [2.05, 4.69) is 5.32 Å². The molecule has 1 aromatic carbocycles. The van der Waals surface area contributed by atoms with Gasteiger partial charge in [0.1, 0.15) is 0 Å². The molecule has 134 valence electrons. The fourth-order valence-corrected chi connectivity index (χ4v) is 3.27. The van der Waals surface area contributed by atoms with Crippen molar-refractivity contribution in [2.45, 2.75) is 31.6 Å². The SMILES string of the molecule is N=CCNCCCCC(C1OCCO1)N1C(=O)c2ccccc2C1=O. The Kier molecular flexibility index (Phi) is 5.91. The molecule has 0 spiro atoms. The maximum atomic E-state index is 12.7. The predicted octanol–water partition coefficient (Wildman–Crippen LogP) is 1.43. The minimum atomic E-state index is -0.559. The van der Waals surface area contributed by atoms with E-state index in [1.165, 1.54) is 11.1 Å². The number of nitrogens with one attached hydrogen (secondary N) is 2.